The number of carbonyl (C=O) groups excluding carboxylic acids is 1. The maximum Gasteiger partial charge on any atom is 0.225 e. The number of nitriles is 1. The highest BCUT2D eigenvalue weighted by Gasteiger charge is 2.33. The SMILES string of the molecule is CS(=O)(=O)N1CCC(C(=O)N2CCN(c3ncccc3C#N)CC2)CC1. The highest BCUT2D eigenvalue weighted by atomic mass is 32.2. The van der Waals surface area contributed by atoms with Crippen LogP contribution in [0, 0.1) is 17.2 Å². The molecule has 2 saturated heterocycles. The third-order valence-corrected chi connectivity index (χ3v) is 6.37. The Morgan fingerprint density at radius 1 is 1.19 bits per heavy atom. The van der Waals surface area contributed by atoms with Crippen LogP contribution in [-0.2, 0) is 14.8 Å². The van der Waals surface area contributed by atoms with E-state index in [9.17, 15) is 18.5 Å². The summed E-state index contributed by atoms with van der Waals surface area (Å²) in [7, 11) is -3.18. The first-order valence-electron chi connectivity index (χ1n) is 8.74. The number of carbonyl (C=O) groups is 1. The van der Waals surface area contributed by atoms with E-state index in [1.807, 2.05) is 9.80 Å². The molecule has 26 heavy (non-hydrogen) atoms. The van der Waals surface area contributed by atoms with E-state index < -0.39 is 10.0 Å². The monoisotopic (exact) mass is 377 g/mol. The first kappa shape index (κ1) is 18.6. The number of hydrogen-bond acceptors (Lipinski definition) is 6. The van der Waals surface area contributed by atoms with E-state index >= 15 is 0 Å². The molecule has 1 amide bonds. The van der Waals surface area contributed by atoms with Gasteiger partial charge in [0.2, 0.25) is 15.9 Å². The summed E-state index contributed by atoms with van der Waals surface area (Å²) in [4.78, 5) is 20.9. The lowest BCUT2D eigenvalue weighted by Crippen LogP contribution is -2.52. The molecule has 0 aliphatic carbocycles. The molecule has 1 aromatic rings. The van der Waals surface area contributed by atoms with Crippen molar-refractivity contribution >= 4 is 21.7 Å². The number of piperidine rings is 1. The van der Waals surface area contributed by atoms with Gasteiger partial charge in [-0.3, -0.25) is 4.79 Å². The Labute approximate surface area is 154 Å². The second-order valence-corrected chi connectivity index (χ2v) is 8.72. The maximum absolute atomic E-state index is 12.7. The van der Waals surface area contributed by atoms with Crippen molar-refractivity contribution in [3.05, 3.63) is 23.9 Å². The Balaban J connectivity index is 1.55. The van der Waals surface area contributed by atoms with Gasteiger partial charge in [0, 0.05) is 51.4 Å². The molecule has 0 spiro atoms. The van der Waals surface area contributed by atoms with Crippen LogP contribution in [0.3, 0.4) is 0 Å². The molecule has 140 valence electrons. The predicted octanol–water partition coefficient (Wildman–Crippen LogP) is 0.273. The van der Waals surface area contributed by atoms with Crippen LogP contribution in [0.5, 0.6) is 0 Å². The van der Waals surface area contributed by atoms with Gasteiger partial charge in [0.15, 0.2) is 0 Å². The van der Waals surface area contributed by atoms with E-state index in [-0.39, 0.29) is 11.8 Å². The highest BCUT2D eigenvalue weighted by Crippen LogP contribution is 2.23. The average molecular weight is 377 g/mol. The van der Waals surface area contributed by atoms with Gasteiger partial charge in [-0.05, 0) is 25.0 Å². The van der Waals surface area contributed by atoms with Gasteiger partial charge in [0.1, 0.15) is 11.9 Å². The Kier molecular flexibility index (Phi) is 5.44. The second-order valence-electron chi connectivity index (χ2n) is 6.74. The number of aromatic nitrogens is 1. The first-order chi connectivity index (χ1) is 12.4. The van der Waals surface area contributed by atoms with E-state index in [4.69, 9.17) is 0 Å². The lowest BCUT2D eigenvalue weighted by Gasteiger charge is -2.38. The quantitative estimate of drug-likeness (QED) is 0.750. The molecular weight excluding hydrogens is 354 g/mol. The summed E-state index contributed by atoms with van der Waals surface area (Å²) in [6.07, 6.45) is 4.03. The van der Waals surface area contributed by atoms with Crippen molar-refractivity contribution in [1.29, 1.82) is 5.26 Å². The molecule has 0 N–H and O–H groups in total. The van der Waals surface area contributed by atoms with E-state index in [1.54, 1.807) is 18.3 Å². The molecule has 2 fully saturated rings. The van der Waals surface area contributed by atoms with Gasteiger partial charge in [0.05, 0.1) is 11.8 Å². The lowest BCUT2D eigenvalue weighted by molar-refractivity contribution is -0.137. The fourth-order valence-corrected chi connectivity index (χ4v) is 4.44. The zero-order valence-corrected chi connectivity index (χ0v) is 15.7. The highest BCUT2D eigenvalue weighted by molar-refractivity contribution is 7.88. The van der Waals surface area contributed by atoms with Crippen molar-refractivity contribution in [2.24, 2.45) is 5.92 Å². The summed E-state index contributed by atoms with van der Waals surface area (Å²) in [6.45, 7) is 3.28. The summed E-state index contributed by atoms with van der Waals surface area (Å²) in [6, 6.07) is 5.64. The van der Waals surface area contributed by atoms with Crippen molar-refractivity contribution in [1.82, 2.24) is 14.2 Å². The van der Waals surface area contributed by atoms with Crippen LogP contribution in [0.4, 0.5) is 5.82 Å². The van der Waals surface area contributed by atoms with Crippen LogP contribution >= 0.6 is 0 Å². The lowest BCUT2D eigenvalue weighted by atomic mass is 9.96. The van der Waals surface area contributed by atoms with Crippen molar-refractivity contribution < 1.29 is 13.2 Å². The summed E-state index contributed by atoms with van der Waals surface area (Å²) in [5.41, 5.74) is 0.542. The van der Waals surface area contributed by atoms with Crippen LogP contribution in [0.1, 0.15) is 18.4 Å². The van der Waals surface area contributed by atoms with Crippen LogP contribution in [0.15, 0.2) is 18.3 Å². The molecule has 8 nitrogen and oxygen atoms in total. The molecular formula is C17H23N5O3S. The Hall–Kier alpha value is -2.18. The normalized spacial score (nSPS) is 20.0. The number of anilines is 1. The molecule has 2 aliphatic heterocycles. The van der Waals surface area contributed by atoms with Gasteiger partial charge in [-0.1, -0.05) is 0 Å². The van der Waals surface area contributed by atoms with Gasteiger partial charge in [-0.25, -0.2) is 17.7 Å². The van der Waals surface area contributed by atoms with E-state index in [1.165, 1.54) is 10.6 Å². The van der Waals surface area contributed by atoms with Gasteiger partial charge >= 0.3 is 0 Å². The van der Waals surface area contributed by atoms with Gasteiger partial charge in [-0.2, -0.15) is 5.26 Å². The number of hydrogen-bond donors (Lipinski definition) is 0. The van der Waals surface area contributed by atoms with Crippen LogP contribution in [-0.4, -0.2) is 74.0 Å². The van der Waals surface area contributed by atoms with E-state index in [2.05, 4.69) is 11.1 Å². The smallest absolute Gasteiger partial charge is 0.225 e. The molecule has 0 atom stereocenters. The Morgan fingerprint density at radius 3 is 2.42 bits per heavy atom. The number of rotatable bonds is 3. The van der Waals surface area contributed by atoms with Gasteiger partial charge < -0.3 is 9.80 Å². The molecule has 3 rings (SSSR count). The molecule has 3 heterocycles. The average Bonchev–Trinajstić information content (AvgIpc) is 2.67. The van der Waals surface area contributed by atoms with Crippen molar-refractivity contribution in [3.63, 3.8) is 0 Å². The van der Waals surface area contributed by atoms with Crippen LogP contribution in [0.2, 0.25) is 0 Å². The summed E-state index contributed by atoms with van der Waals surface area (Å²) < 4.78 is 24.6. The van der Waals surface area contributed by atoms with Gasteiger partial charge in [-0.15, -0.1) is 0 Å². The molecule has 0 aromatic carbocycles. The summed E-state index contributed by atoms with van der Waals surface area (Å²) >= 11 is 0. The molecule has 0 radical (unpaired) electrons. The van der Waals surface area contributed by atoms with E-state index in [0.29, 0.717) is 63.5 Å². The topological polar surface area (TPSA) is 97.6 Å². The largest absolute Gasteiger partial charge is 0.352 e. The summed E-state index contributed by atoms with van der Waals surface area (Å²) in [5.74, 6) is 0.673. The third kappa shape index (κ3) is 3.97. The van der Waals surface area contributed by atoms with Crippen molar-refractivity contribution in [2.75, 3.05) is 50.4 Å². The molecule has 9 heteroatoms. The molecule has 2 aliphatic rings. The van der Waals surface area contributed by atoms with Crippen molar-refractivity contribution in [2.45, 2.75) is 12.8 Å². The predicted molar refractivity (Wildman–Crippen MR) is 96.9 cm³/mol. The molecule has 0 unspecified atom stereocenters. The minimum Gasteiger partial charge on any atom is -0.352 e. The number of piperazine rings is 1. The Morgan fingerprint density at radius 2 is 1.85 bits per heavy atom. The van der Waals surface area contributed by atoms with Crippen LogP contribution < -0.4 is 4.90 Å². The number of nitrogens with zero attached hydrogens (tertiary/aromatic N) is 5. The number of amides is 1. The zero-order chi connectivity index (χ0) is 18.7. The molecule has 0 bridgehead atoms. The first-order valence-corrected chi connectivity index (χ1v) is 10.6. The minimum atomic E-state index is -3.18. The van der Waals surface area contributed by atoms with Crippen LogP contribution in [0.25, 0.3) is 0 Å². The fourth-order valence-electron chi connectivity index (χ4n) is 3.57. The minimum absolute atomic E-state index is 0.107. The molecule has 1 aromatic heterocycles. The van der Waals surface area contributed by atoms with Gasteiger partial charge in [0.25, 0.3) is 0 Å². The van der Waals surface area contributed by atoms with Crippen molar-refractivity contribution in [3.8, 4) is 6.07 Å². The molecule has 0 saturated carbocycles. The Bertz CT molecular complexity index is 804. The summed E-state index contributed by atoms with van der Waals surface area (Å²) in [5, 5.41) is 9.21. The number of sulfonamides is 1. The third-order valence-electron chi connectivity index (χ3n) is 5.07. The standard InChI is InChI=1S/C17H23N5O3S/c1-26(24,25)22-7-4-14(5-8-22)17(23)21-11-9-20(10-12-21)16-15(13-18)3-2-6-19-16/h2-3,6,14H,4-5,7-12H2,1H3. The zero-order valence-electron chi connectivity index (χ0n) is 14.8. The van der Waals surface area contributed by atoms with E-state index in [0.717, 1.165) is 0 Å². The second kappa shape index (κ2) is 7.60. The maximum atomic E-state index is 12.7. The fraction of sp³-hybridized carbons (Fsp3) is 0.588. The number of pyridine rings is 1.